The highest BCUT2D eigenvalue weighted by Gasteiger charge is 2.25. The number of rotatable bonds is 4. The predicted molar refractivity (Wildman–Crippen MR) is 52.0 cm³/mol. The average molecular weight is 198 g/mol. The summed E-state index contributed by atoms with van der Waals surface area (Å²) >= 11 is 0. The van der Waals surface area contributed by atoms with Crippen LogP contribution in [0.1, 0.15) is 12.0 Å². The molecule has 0 unspecified atom stereocenters. The summed E-state index contributed by atoms with van der Waals surface area (Å²) in [6, 6.07) is 9.90. The minimum absolute atomic E-state index is 0.113. The molecule has 0 saturated carbocycles. The molecule has 0 spiro atoms. The summed E-state index contributed by atoms with van der Waals surface area (Å²) in [4.78, 5) is 26.2. The Morgan fingerprint density at radius 3 is 2.15 bits per heavy atom. The van der Waals surface area contributed by atoms with Crippen molar-refractivity contribution in [1.82, 2.24) is 0 Å². The summed E-state index contributed by atoms with van der Waals surface area (Å²) in [5.41, 5.74) is 1.15. The second-order valence-electron chi connectivity index (χ2n) is 3.11. The molecule has 0 heterocycles. The Morgan fingerprint density at radius 2 is 1.62 bits per heavy atom. The molecule has 0 bridgehead atoms. The molecule has 0 fully saturated rings. The fourth-order valence-corrected chi connectivity index (χ4v) is 1.83. The molecule has 3 nitrogen and oxygen atoms in total. The molecular weight excluding hydrogens is 184 g/mol. The zero-order valence-corrected chi connectivity index (χ0v) is 8.35. The molecule has 0 atom stereocenters. The van der Waals surface area contributed by atoms with Crippen LogP contribution in [0.25, 0.3) is 0 Å². The van der Waals surface area contributed by atoms with Crippen molar-refractivity contribution in [2.75, 3.05) is 0 Å². The van der Waals surface area contributed by atoms with Gasteiger partial charge in [-0.3, -0.25) is 0 Å². The van der Waals surface area contributed by atoms with Crippen molar-refractivity contribution in [3.8, 4) is 0 Å². The third kappa shape index (κ3) is 4.79. The van der Waals surface area contributed by atoms with Gasteiger partial charge in [0.2, 0.25) is 0 Å². The lowest BCUT2D eigenvalue weighted by atomic mass is 10.1. The molecule has 3 N–H and O–H groups in total. The molecule has 0 aliphatic carbocycles. The molecular formula is C9H14O3Si. The van der Waals surface area contributed by atoms with Crippen LogP contribution in [-0.2, 0) is 6.42 Å². The molecule has 13 heavy (non-hydrogen) atoms. The molecule has 4 heteroatoms. The van der Waals surface area contributed by atoms with Crippen LogP contribution in [-0.4, -0.2) is 23.2 Å². The van der Waals surface area contributed by atoms with E-state index in [1.54, 1.807) is 0 Å². The van der Waals surface area contributed by atoms with Crippen LogP contribution in [0.5, 0.6) is 0 Å². The van der Waals surface area contributed by atoms with Gasteiger partial charge in [-0.2, -0.15) is 0 Å². The van der Waals surface area contributed by atoms with E-state index in [4.69, 9.17) is 14.4 Å². The van der Waals surface area contributed by atoms with Gasteiger partial charge in [0.1, 0.15) is 0 Å². The lowest BCUT2D eigenvalue weighted by Gasteiger charge is -2.08. The van der Waals surface area contributed by atoms with E-state index in [1.807, 2.05) is 30.3 Å². The normalized spacial score (nSPS) is 11.6. The highest BCUT2D eigenvalue weighted by Crippen LogP contribution is 2.08. The van der Waals surface area contributed by atoms with Gasteiger partial charge < -0.3 is 14.4 Å². The average Bonchev–Trinajstić information content (AvgIpc) is 2.04. The second-order valence-corrected chi connectivity index (χ2v) is 5.16. The van der Waals surface area contributed by atoms with E-state index in [0.717, 1.165) is 12.0 Å². The summed E-state index contributed by atoms with van der Waals surface area (Å²) < 4.78 is 0. The maximum Gasteiger partial charge on any atom is 0.492 e. The van der Waals surface area contributed by atoms with E-state index < -0.39 is 8.80 Å². The van der Waals surface area contributed by atoms with Crippen molar-refractivity contribution < 1.29 is 14.4 Å². The number of hydrogen-bond donors (Lipinski definition) is 3. The van der Waals surface area contributed by atoms with Crippen LogP contribution in [0.2, 0.25) is 6.04 Å². The molecule has 0 aromatic heterocycles. The Balaban J connectivity index is 2.29. The number of benzene rings is 1. The monoisotopic (exact) mass is 198 g/mol. The van der Waals surface area contributed by atoms with Gasteiger partial charge >= 0.3 is 8.80 Å². The minimum atomic E-state index is -3.81. The van der Waals surface area contributed by atoms with E-state index in [2.05, 4.69) is 0 Å². The van der Waals surface area contributed by atoms with E-state index >= 15 is 0 Å². The maximum atomic E-state index is 8.75. The summed E-state index contributed by atoms with van der Waals surface area (Å²) in [5.74, 6) is 0. The summed E-state index contributed by atoms with van der Waals surface area (Å²) in [6.45, 7) is 0. The molecule has 0 aliphatic heterocycles. The number of aryl methyl sites for hydroxylation is 1. The smallest absolute Gasteiger partial charge is 0.390 e. The molecule has 1 aromatic rings. The lowest BCUT2D eigenvalue weighted by molar-refractivity contribution is 0.226. The van der Waals surface area contributed by atoms with Gasteiger partial charge in [-0.1, -0.05) is 30.3 Å². The Hall–Kier alpha value is -0.683. The first-order valence-electron chi connectivity index (χ1n) is 4.29. The lowest BCUT2D eigenvalue weighted by Crippen LogP contribution is -2.34. The second kappa shape index (κ2) is 4.52. The standard InChI is InChI=1S/C9H14O3Si/c10-13(11,12)8-4-7-9-5-2-1-3-6-9/h1-3,5-6,10-12H,4,7-8H2. The van der Waals surface area contributed by atoms with Crippen LogP contribution < -0.4 is 0 Å². The Bertz CT molecular complexity index is 243. The van der Waals surface area contributed by atoms with Crippen LogP contribution >= 0.6 is 0 Å². The van der Waals surface area contributed by atoms with E-state index in [-0.39, 0.29) is 6.04 Å². The van der Waals surface area contributed by atoms with E-state index in [1.165, 1.54) is 0 Å². The first-order valence-corrected chi connectivity index (χ1v) is 6.34. The molecule has 0 aliphatic rings. The van der Waals surface area contributed by atoms with E-state index in [0.29, 0.717) is 6.42 Å². The molecule has 1 rings (SSSR count). The van der Waals surface area contributed by atoms with Gasteiger partial charge in [0, 0.05) is 6.04 Å². The highest BCUT2D eigenvalue weighted by molar-refractivity contribution is 6.56. The van der Waals surface area contributed by atoms with Crippen molar-refractivity contribution in [3.05, 3.63) is 35.9 Å². The molecule has 0 amide bonds. The van der Waals surface area contributed by atoms with Crippen molar-refractivity contribution >= 4 is 8.80 Å². The zero-order valence-electron chi connectivity index (χ0n) is 7.35. The van der Waals surface area contributed by atoms with Gasteiger partial charge in [-0.05, 0) is 18.4 Å². The Labute approximate surface area is 78.7 Å². The van der Waals surface area contributed by atoms with Crippen LogP contribution in [0.3, 0.4) is 0 Å². The van der Waals surface area contributed by atoms with Gasteiger partial charge in [-0.25, -0.2) is 0 Å². The van der Waals surface area contributed by atoms with Crippen molar-refractivity contribution in [2.24, 2.45) is 0 Å². The summed E-state index contributed by atoms with van der Waals surface area (Å²) in [6.07, 6.45) is 1.39. The van der Waals surface area contributed by atoms with Gasteiger partial charge in [0.25, 0.3) is 0 Å². The van der Waals surface area contributed by atoms with Crippen LogP contribution in [0.15, 0.2) is 30.3 Å². The quantitative estimate of drug-likeness (QED) is 0.619. The van der Waals surface area contributed by atoms with Gasteiger partial charge in [0.15, 0.2) is 0 Å². The van der Waals surface area contributed by atoms with Crippen molar-refractivity contribution in [3.63, 3.8) is 0 Å². The molecule has 0 radical (unpaired) electrons. The fraction of sp³-hybridized carbons (Fsp3) is 0.333. The third-order valence-corrected chi connectivity index (χ3v) is 2.84. The van der Waals surface area contributed by atoms with Crippen molar-refractivity contribution in [1.29, 1.82) is 0 Å². The summed E-state index contributed by atoms with van der Waals surface area (Å²) in [5, 5.41) is 0. The molecule has 72 valence electrons. The highest BCUT2D eigenvalue weighted by atomic mass is 28.4. The first-order chi connectivity index (χ1) is 6.08. The largest absolute Gasteiger partial charge is 0.492 e. The fourth-order valence-electron chi connectivity index (χ4n) is 1.17. The Kier molecular flexibility index (Phi) is 3.62. The molecule has 1 aromatic carbocycles. The SMILES string of the molecule is O[Si](O)(O)CCCc1ccccc1. The predicted octanol–water partition coefficient (Wildman–Crippen LogP) is 0.535. The molecule has 0 saturated heterocycles. The summed E-state index contributed by atoms with van der Waals surface area (Å²) in [7, 11) is -3.81. The first kappa shape index (κ1) is 10.4. The third-order valence-electron chi connectivity index (χ3n) is 1.82. The topological polar surface area (TPSA) is 60.7 Å². The minimum Gasteiger partial charge on any atom is -0.390 e. The van der Waals surface area contributed by atoms with Crippen LogP contribution in [0.4, 0.5) is 0 Å². The number of hydrogen-bond acceptors (Lipinski definition) is 3. The van der Waals surface area contributed by atoms with Crippen LogP contribution in [0, 0.1) is 0 Å². The zero-order chi connectivity index (χ0) is 9.73. The van der Waals surface area contributed by atoms with Crippen molar-refractivity contribution in [2.45, 2.75) is 18.9 Å². The maximum absolute atomic E-state index is 8.75. The van der Waals surface area contributed by atoms with E-state index in [9.17, 15) is 0 Å². The Morgan fingerprint density at radius 1 is 1.00 bits per heavy atom. The van der Waals surface area contributed by atoms with Gasteiger partial charge in [0.05, 0.1) is 0 Å². The van der Waals surface area contributed by atoms with Gasteiger partial charge in [-0.15, -0.1) is 0 Å².